The van der Waals surface area contributed by atoms with E-state index in [9.17, 15) is 0 Å². The number of hydrogen-bond acceptors (Lipinski definition) is 2. The molecule has 1 fully saturated rings. The van der Waals surface area contributed by atoms with E-state index < -0.39 is 0 Å². The maximum atomic E-state index is 5.53. The third kappa shape index (κ3) is 3.33. The molecule has 1 aromatic rings. The van der Waals surface area contributed by atoms with Gasteiger partial charge in [-0.1, -0.05) is 12.1 Å². The lowest BCUT2D eigenvalue weighted by Crippen LogP contribution is -2.41. The van der Waals surface area contributed by atoms with Crippen molar-refractivity contribution >= 4 is 23.0 Å². The fourth-order valence-electron chi connectivity index (χ4n) is 1.75. The Labute approximate surface area is 108 Å². The van der Waals surface area contributed by atoms with Gasteiger partial charge in [0.15, 0.2) is 5.11 Å². The first kappa shape index (κ1) is 12.2. The van der Waals surface area contributed by atoms with E-state index in [2.05, 4.69) is 10.6 Å². The molecule has 0 saturated heterocycles. The molecule has 2 rings (SSSR count). The minimum Gasteiger partial charge on any atom is -0.492 e. The summed E-state index contributed by atoms with van der Waals surface area (Å²) in [5.74, 6) is 0.841. The van der Waals surface area contributed by atoms with Crippen LogP contribution in [0.25, 0.3) is 0 Å². The molecule has 1 saturated carbocycles. The second-order valence-corrected chi connectivity index (χ2v) is 4.56. The van der Waals surface area contributed by atoms with Crippen molar-refractivity contribution in [1.29, 1.82) is 0 Å². The summed E-state index contributed by atoms with van der Waals surface area (Å²) < 4.78 is 5.53. The SMILES string of the molecule is CCOc1ccccc1NC(=S)NC1CCC1. The summed E-state index contributed by atoms with van der Waals surface area (Å²) in [4.78, 5) is 0. The van der Waals surface area contributed by atoms with Crippen LogP contribution in [0.5, 0.6) is 5.75 Å². The number of benzene rings is 1. The second kappa shape index (κ2) is 5.87. The van der Waals surface area contributed by atoms with Gasteiger partial charge in [0.05, 0.1) is 12.3 Å². The third-order valence-corrected chi connectivity index (χ3v) is 3.10. The number of hydrogen-bond donors (Lipinski definition) is 2. The van der Waals surface area contributed by atoms with Crippen molar-refractivity contribution < 1.29 is 4.74 Å². The molecule has 17 heavy (non-hydrogen) atoms. The molecule has 92 valence electrons. The monoisotopic (exact) mass is 250 g/mol. The van der Waals surface area contributed by atoms with Crippen LogP contribution in [0.15, 0.2) is 24.3 Å². The Bertz CT molecular complexity index is 391. The van der Waals surface area contributed by atoms with Crippen molar-refractivity contribution in [2.45, 2.75) is 32.2 Å². The smallest absolute Gasteiger partial charge is 0.171 e. The van der Waals surface area contributed by atoms with Gasteiger partial charge in [-0.2, -0.15) is 0 Å². The van der Waals surface area contributed by atoms with Gasteiger partial charge in [0.25, 0.3) is 0 Å². The fraction of sp³-hybridized carbons (Fsp3) is 0.462. The lowest BCUT2D eigenvalue weighted by Gasteiger charge is -2.28. The summed E-state index contributed by atoms with van der Waals surface area (Å²) in [7, 11) is 0. The van der Waals surface area contributed by atoms with Gasteiger partial charge >= 0.3 is 0 Å². The summed E-state index contributed by atoms with van der Waals surface area (Å²) in [6, 6.07) is 8.39. The molecule has 0 spiro atoms. The van der Waals surface area contributed by atoms with Crippen molar-refractivity contribution in [3.63, 3.8) is 0 Å². The largest absolute Gasteiger partial charge is 0.492 e. The molecule has 1 aliphatic rings. The van der Waals surface area contributed by atoms with Crippen LogP contribution in [0.3, 0.4) is 0 Å². The van der Waals surface area contributed by atoms with Gasteiger partial charge in [-0.3, -0.25) is 0 Å². The lowest BCUT2D eigenvalue weighted by atomic mass is 9.93. The van der Waals surface area contributed by atoms with E-state index in [0.717, 1.165) is 11.4 Å². The van der Waals surface area contributed by atoms with Crippen LogP contribution in [0, 0.1) is 0 Å². The first-order valence-corrected chi connectivity index (χ1v) is 6.49. The van der Waals surface area contributed by atoms with Crippen molar-refractivity contribution in [2.75, 3.05) is 11.9 Å². The van der Waals surface area contributed by atoms with Gasteiger partial charge in [-0.05, 0) is 50.5 Å². The maximum absolute atomic E-state index is 5.53. The van der Waals surface area contributed by atoms with E-state index in [1.54, 1.807) is 0 Å². The van der Waals surface area contributed by atoms with Crippen LogP contribution < -0.4 is 15.4 Å². The molecular formula is C13H18N2OS. The highest BCUT2D eigenvalue weighted by Gasteiger charge is 2.18. The Hall–Kier alpha value is -1.29. The van der Waals surface area contributed by atoms with E-state index in [1.165, 1.54) is 19.3 Å². The highest BCUT2D eigenvalue weighted by molar-refractivity contribution is 7.80. The standard InChI is InChI=1S/C13H18N2OS/c1-2-16-12-9-4-3-8-11(12)15-13(17)14-10-6-5-7-10/h3-4,8-10H,2,5-7H2,1H3,(H2,14,15,17). The molecule has 4 heteroatoms. The van der Waals surface area contributed by atoms with Crippen molar-refractivity contribution in [3.05, 3.63) is 24.3 Å². The quantitative estimate of drug-likeness (QED) is 0.805. The Morgan fingerprint density at radius 2 is 2.18 bits per heavy atom. The molecule has 0 amide bonds. The van der Waals surface area contributed by atoms with Crippen LogP contribution >= 0.6 is 12.2 Å². The number of para-hydroxylation sites is 2. The molecule has 2 N–H and O–H groups in total. The van der Waals surface area contributed by atoms with E-state index >= 15 is 0 Å². The average Bonchev–Trinajstić information content (AvgIpc) is 2.27. The first-order chi connectivity index (χ1) is 8.29. The van der Waals surface area contributed by atoms with Gasteiger partial charge in [0.1, 0.15) is 5.75 Å². The zero-order valence-corrected chi connectivity index (χ0v) is 10.8. The zero-order chi connectivity index (χ0) is 12.1. The number of ether oxygens (including phenoxy) is 1. The van der Waals surface area contributed by atoms with E-state index in [-0.39, 0.29) is 0 Å². The Morgan fingerprint density at radius 3 is 2.82 bits per heavy atom. The highest BCUT2D eigenvalue weighted by Crippen LogP contribution is 2.24. The molecule has 0 radical (unpaired) electrons. The molecule has 0 aliphatic heterocycles. The minimum absolute atomic E-state index is 0.550. The summed E-state index contributed by atoms with van der Waals surface area (Å²) >= 11 is 5.28. The molecule has 0 unspecified atom stereocenters. The fourth-order valence-corrected chi connectivity index (χ4v) is 2.02. The van der Waals surface area contributed by atoms with E-state index in [1.807, 2.05) is 31.2 Å². The van der Waals surface area contributed by atoms with Gasteiger partial charge in [0.2, 0.25) is 0 Å². The molecule has 0 aromatic heterocycles. The molecular weight excluding hydrogens is 232 g/mol. The van der Waals surface area contributed by atoms with Crippen molar-refractivity contribution in [3.8, 4) is 5.75 Å². The molecule has 0 heterocycles. The van der Waals surface area contributed by atoms with E-state index in [0.29, 0.717) is 17.8 Å². The zero-order valence-electron chi connectivity index (χ0n) is 10.0. The Morgan fingerprint density at radius 1 is 1.41 bits per heavy atom. The number of rotatable bonds is 4. The van der Waals surface area contributed by atoms with Gasteiger partial charge in [-0.15, -0.1) is 0 Å². The van der Waals surface area contributed by atoms with Crippen molar-refractivity contribution in [2.24, 2.45) is 0 Å². The molecule has 0 bridgehead atoms. The Kier molecular flexibility index (Phi) is 4.20. The van der Waals surface area contributed by atoms with Gasteiger partial charge < -0.3 is 15.4 Å². The van der Waals surface area contributed by atoms with Gasteiger partial charge in [-0.25, -0.2) is 0 Å². The number of thiocarbonyl (C=S) groups is 1. The van der Waals surface area contributed by atoms with E-state index in [4.69, 9.17) is 17.0 Å². The highest BCUT2D eigenvalue weighted by atomic mass is 32.1. The third-order valence-electron chi connectivity index (χ3n) is 2.88. The normalized spacial score (nSPS) is 14.9. The van der Waals surface area contributed by atoms with Crippen LogP contribution in [0.4, 0.5) is 5.69 Å². The predicted octanol–water partition coefficient (Wildman–Crippen LogP) is 2.92. The van der Waals surface area contributed by atoms with Crippen LogP contribution in [0.2, 0.25) is 0 Å². The first-order valence-electron chi connectivity index (χ1n) is 6.09. The van der Waals surface area contributed by atoms with Crippen LogP contribution in [-0.4, -0.2) is 17.8 Å². The second-order valence-electron chi connectivity index (χ2n) is 4.16. The summed E-state index contributed by atoms with van der Waals surface area (Å²) in [5, 5.41) is 7.17. The molecule has 0 atom stereocenters. The number of nitrogens with one attached hydrogen (secondary N) is 2. The summed E-state index contributed by atoms with van der Waals surface area (Å²) in [6.45, 7) is 2.63. The number of anilines is 1. The van der Waals surface area contributed by atoms with Crippen molar-refractivity contribution in [1.82, 2.24) is 5.32 Å². The van der Waals surface area contributed by atoms with Crippen LogP contribution in [0.1, 0.15) is 26.2 Å². The molecule has 1 aliphatic carbocycles. The summed E-state index contributed by atoms with van der Waals surface area (Å²) in [5.41, 5.74) is 0.922. The predicted molar refractivity (Wildman–Crippen MR) is 74.6 cm³/mol. The lowest BCUT2D eigenvalue weighted by molar-refractivity contribution is 0.342. The molecule has 3 nitrogen and oxygen atoms in total. The molecule has 1 aromatic carbocycles. The Balaban J connectivity index is 1.94. The van der Waals surface area contributed by atoms with Gasteiger partial charge in [0, 0.05) is 6.04 Å². The average molecular weight is 250 g/mol. The topological polar surface area (TPSA) is 33.3 Å². The summed E-state index contributed by atoms with van der Waals surface area (Å²) in [6.07, 6.45) is 3.74. The van der Waals surface area contributed by atoms with Crippen LogP contribution in [-0.2, 0) is 0 Å². The minimum atomic E-state index is 0.550. The maximum Gasteiger partial charge on any atom is 0.171 e.